The zero-order valence-corrected chi connectivity index (χ0v) is 21.1. The van der Waals surface area contributed by atoms with Crippen LogP contribution in [0.3, 0.4) is 0 Å². The summed E-state index contributed by atoms with van der Waals surface area (Å²) in [5, 5.41) is 5.28. The molecule has 35 heavy (non-hydrogen) atoms. The molecular formula is C27H27Cl2N3O3. The molecule has 1 aliphatic heterocycles. The summed E-state index contributed by atoms with van der Waals surface area (Å²) in [6.45, 7) is 4.46. The fourth-order valence-electron chi connectivity index (χ4n) is 4.19. The minimum Gasteiger partial charge on any atom is -0.370 e. The summed E-state index contributed by atoms with van der Waals surface area (Å²) < 4.78 is 18.2. The molecule has 182 valence electrons. The zero-order valence-electron chi connectivity index (χ0n) is 19.6. The van der Waals surface area contributed by atoms with Crippen LogP contribution in [0.5, 0.6) is 0 Å². The molecule has 0 aliphatic carbocycles. The van der Waals surface area contributed by atoms with Crippen molar-refractivity contribution >= 4 is 23.2 Å². The maximum Gasteiger partial charge on any atom is 0.163 e. The van der Waals surface area contributed by atoms with E-state index in [9.17, 15) is 5.53 Å². The standard InChI is InChI=1S/C27H27Cl2N3O3/c1-27(2)34-17-25(35-27)26(33-16-19-6-4-3-5-7-19)24(31-32-30)12-18-8-10-20(11-9-18)21-13-22(28)15-23(29)14-21/h3-11,13-15,24-26H,12,16-17H2,1-2H3/t24?,25-,26+/m0/s1. The summed E-state index contributed by atoms with van der Waals surface area (Å²) in [5.74, 6) is -0.722. The van der Waals surface area contributed by atoms with Crippen LogP contribution in [0.1, 0.15) is 25.0 Å². The number of azide groups is 1. The molecule has 0 N–H and O–H groups in total. The third-order valence-corrected chi connectivity index (χ3v) is 6.29. The second-order valence-corrected chi connectivity index (χ2v) is 9.83. The summed E-state index contributed by atoms with van der Waals surface area (Å²) >= 11 is 12.3. The Kier molecular flexibility index (Phi) is 8.34. The Morgan fingerprint density at radius 1 is 1.00 bits per heavy atom. The van der Waals surface area contributed by atoms with Crippen LogP contribution in [0.25, 0.3) is 21.6 Å². The summed E-state index contributed by atoms with van der Waals surface area (Å²) in [6, 6.07) is 22.9. The number of benzene rings is 3. The van der Waals surface area contributed by atoms with Crippen LogP contribution in [0.2, 0.25) is 10.0 Å². The summed E-state index contributed by atoms with van der Waals surface area (Å²) in [7, 11) is 0. The molecule has 8 heteroatoms. The maximum absolute atomic E-state index is 9.34. The van der Waals surface area contributed by atoms with Gasteiger partial charge in [-0.2, -0.15) is 0 Å². The molecule has 3 aromatic rings. The Labute approximate surface area is 215 Å². The fourth-order valence-corrected chi connectivity index (χ4v) is 4.72. The second kappa shape index (κ2) is 11.4. The highest BCUT2D eigenvalue weighted by molar-refractivity contribution is 6.35. The van der Waals surface area contributed by atoms with Crippen LogP contribution in [-0.2, 0) is 27.2 Å². The summed E-state index contributed by atoms with van der Waals surface area (Å²) in [4.78, 5) is 3.12. The predicted molar refractivity (Wildman–Crippen MR) is 138 cm³/mol. The summed E-state index contributed by atoms with van der Waals surface area (Å²) in [5.41, 5.74) is 13.3. The van der Waals surface area contributed by atoms with Crippen LogP contribution in [0, 0.1) is 0 Å². The van der Waals surface area contributed by atoms with Gasteiger partial charge in [0.25, 0.3) is 0 Å². The Morgan fingerprint density at radius 3 is 2.29 bits per heavy atom. The number of ether oxygens (including phenoxy) is 3. The fraction of sp³-hybridized carbons (Fsp3) is 0.333. The highest BCUT2D eigenvalue weighted by atomic mass is 35.5. The van der Waals surface area contributed by atoms with E-state index in [0.29, 0.717) is 29.7 Å². The van der Waals surface area contributed by atoms with Gasteiger partial charge in [0.2, 0.25) is 0 Å². The maximum atomic E-state index is 9.34. The topological polar surface area (TPSA) is 76.5 Å². The molecule has 1 aliphatic rings. The first-order chi connectivity index (χ1) is 16.8. The number of halogens is 2. The Hall–Kier alpha value is -2.57. The Morgan fingerprint density at radius 2 is 1.69 bits per heavy atom. The third kappa shape index (κ3) is 6.98. The van der Waals surface area contributed by atoms with E-state index >= 15 is 0 Å². The van der Waals surface area contributed by atoms with Crippen LogP contribution < -0.4 is 0 Å². The SMILES string of the molecule is CC1(C)OC[C@@H]([C@H](OCc2ccccc2)C(Cc2ccc(-c3cc(Cl)cc(Cl)c3)cc2)N=[N+]=[N-])O1. The van der Waals surface area contributed by atoms with Crippen LogP contribution in [0.4, 0.5) is 0 Å². The lowest BCUT2D eigenvalue weighted by molar-refractivity contribution is -0.160. The number of rotatable bonds is 9. The van der Waals surface area contributed by atoms with Crippen molar-refractivity contribution in [1.29, 1.82) is 0 Å². The van der Waals surface area contributed by atoms with Crippen molar-refractivity contribution in [3.8, 4) is 11.1 Å². The van der Waals surface area contributed by atoms with E-state index in [1.807, 2.05) is 80.6 Å². The van der Waals surface area contributed by atoms with Gasteiger partial charge in [-0.3, -0.25) is 0 Å². The van der Waals surface area contributed by atoms with Crippen molar-refractivity contribution < 1.29 is 14.2 Å². The smallest absolute Gasteiger partial charge is 0.163 e. The average molecular weight is 512 g/mol. The molecule has 0 spiro atoms. The molecular weight excluding hydrogens is 485 g/mol. The summed E-state index contributed by atoms with van der Waals surface area (Å²) in [6.07, 6.45) is -0.364. The monoisotopic (exact) mass is 511 g/mol. The Balaban J connectivity index is 1.55. The lowest BCUT2D eigenvalue weighted by Crippen LogP contribution is -2.42. The molecule has 1 fully saturated rings. The largest absolute Gasteiger partial charge is 0.370 e. The van der Waals surface area contributed by atoms with Crippen LogP contribution in [0.15, 0.2) is 77.9 Å². The molecule has 0 amide bonds. The molecule has 0 radical (unpaired) electrons. The average Bonchev–Trinajstić information content (AvgIpc) is 3.19. The van der Waals surface area contributed by atoms with Gasteiger partial charge in [0, 0.05) is 15.0 Å². The molecule has 0 aromatic heterocycles. The van der Waals surface area contributed by atoms with Gasteiger partial charge in [-0.1, -0.05) is 82.9 Å². The molecule has 3 atom stereocenters. The molecule has 1 saturated heterocycles. The van der Waals surface area contributed by atoms with Gasteiger partial charge in [0.15, 0.2) is 5.79 Å². The van der Waals surface area contributed by atoms with Gasteiger partial charge in [-0.05, 0) is 66.3 Å². The van der Waals surface area contributed by atoms with Crippen molar-refractivity contribution in [3.05, 3.63) is 104 Å². The second-order valence-electron chi connectivity index (χ2n) is 8.96. The van der Waals surface area contributed by atoms with Crippen molar-refractivity contribution in [3.63, 3.8) is 0 Å². The molecule has 4 rings (SSSR count). The minimum absolute atomic E-state index is 0.359. The quantitative estimate of drug-likeness (QED) is 0.168. The van der Waals surface area contributed by atoms with Crippen molar-refractivity contribution in [2.75, 3.05) is 6.61 Å². The van der Waals surface area contributed by atoms with E-state index < -0.39 is 17.9 Å². The van der Waals surface area contributed by atoms with E-state index in [0.717, 1.165) is 22.3 Å². The van der Waals surface area contributed by atoms with Gasteiger partial charge in [-0.15, -0.1) is 0 Å². The van der Waals surface area contributed by atoms with Gasteiger partial charge < -0.3 is 14.2 Å². The van der Waals surface area contributed by atoms with Crippen LogP contribution >= 0.6 is 23.2 Å². The lowest BCUT2D eigenvalue weighted by Gasteiger charge is -2.29. The first kappa shape index (κ1) is 25.5. The molecule has 3 aromatic carbocycles. The Bertz CT molecular complexity index is 1160. The first-order valence-electron chi connectivity index (χ1n) is 11.4. The number of hydrogen-bond acceptors (Lipinski definition) is 4. The van der Waals surface area contributed by atoms with Crippen LogP contribution in [-0.4, -0.2) is 30.6 Å². The van der Waals surface area contributed by atoms with E-state index in [-0.39, 0.29) is 6.10 Å². The molecule has 0 saturated carbocycles. The molecule has 6 nitrogen and oxygen atoms in total. The molecule has 0 bridgehead atoms. The first-order valence-corrected chi connectivity index (χ1v) is 12.2. The highest BCUT2D eigenvalue weighted by Gasteiger charge is 2.41. The lowest BCUT2D eigenvalue weighted by atomic mass is 9.96. The zero-order chi connectivity index (χ0) is 24.8. The van der Waals surface area contributed by atoms with Gasteiger partial charge in [0.1, 0.15) is 6.10 Å². The van der Waals surface area contributed by atoms with Crippen molar-refractivity contribution in [1.82, 2.24) is 0 Å². The number of nitrogens with zero attached hydrogens (tertiary/aromatic N) is 3. The third-order valence-electron chi connectivity index (χ3n) is 5.86. The van der Waals surface area contributed by atoms with E-state index in [4.69, 9.17) is 37.4 Å². The van der Waals surface area contributed by atoms with Gasteiger partial charge in [0.05, 0.1) is 25.4 Å². The van der Waals surface area contributed by atoms with Gasteiger partial charge in [-0.25, -0.2) is 0 Å². The van der Waals surface area contributed by atoms with Gasteiger partial charge >= 0.3 is 0 Å². The van der Waals surface area contributed by atoms with Crippen molar-refractivity contribution in [2.24, 2.45) is 5.11 Å². The van der Waals surface area contributed by atoms with E-state index in [1.54, 1.807) is 6.07 Å². The normalized spacial score (nSPS) is 18.6. The number of hydrogen-bond donors (Lipinski definition) is 0. The predicted octanol–water partition coefficient (Wildman–Crippen LogP) is 7.62. The molecule has 1 heterocycles. The van der Waals surface area contributed by atoms with Crippen molar-refractivity contribution in [2.45, 2.75) is 50.9 Å². The minimum atomic E-state index is -0.722. The van der Waals surface area contributed by atoms with E-state index in [1.165, 1.54) is 0 Å². The van der Waals surface area contributed by atoms with E-state index in [2.05, 4.69) is 10.0 Å². The highest BCUT2D eigenvalue weighted by Crippen LogP contribution is 2.31. The molecule has 1 unspecified atom stereocenters.